The van der Waals surface area contributed by atoms with Gasteiger partial charge >= 0.3 is 0 Å². The van der Waals surface area contributed by atoms with Crippen molar-refractivity contribution in [1.82, 2.24) is 0 Å². The van der Waals surface area contributed by atoms with Crippen molar-refractivity contribution >= 4 is 34.2 Å². The molecule has 0 bridgehead atoms. The lowest BCUT2D eigenvalue weighted by Crippen LogP contribution is -2.20. The molecule has 0 aliphatic carbocycles. The first kappa shape index (κ1) is 17.8. The van der Waals surface area contributed by atoms with Gasteiger partial charge in [0.25, 0.3) is 5.91 Å². The van der Waals surface area contributed by atoms with Gasteiger partial charge in [0.05, 0.1) is 0 Å². The molecule has 0 aliphatic rings. The zero-order valence-corrected chi connectivity index (χ0v) is 16.1. The number of ether oxygens (including phenoxy) is 1. The number of hydrogen-bond acceptors (Lipinski definition) is 2. The molecule has 0 fully saturated rings. The Morgan fingerprint density at radius 1 is 1.13 bits per heavy atom. The van der Waals surface area contributed by atoms with Crippen molar-refractivity contribution in [1.29, 1.82) is 0 Å². The van der Waals surface area contributed by atoms with E-state index in [1.807, 2.05) is 50.2 Å². The molecule has 0 saturated carbocycles. The Bertz CT molecular complexity index is 670. The summed E-state index contributed by atoms with van der Waals surface area (Å²) in [5.41, 5.74) is 4.38. The second-order valence-electron chi connectivity index (χ2n) is 5.98. The summed E-state index contributed by atoms with van der Waals surface area (Å²) in [4.78, 5) is 12.0. The molecule has 0 unspecified atom stereocenters. The van der Waals surface area contributed by atoms with E-state index in [1.54, 1.807) is 0 Å². The van der Waals surface area contributed by atoms with Gasteiger partial charge < -0.3 is 10.1 Å². The van der Waals surface area contributed by atoms with E-state index in [1.165, 1.54) is 9.13 Å². The number of aryl methyl sites for hydroxylation is 2. The van der Waals surface area contributed by atoms with Gasteiger partial charge in [-0.3, -0.25) is 4.79 Å². The highest BCUT2D eigenvalue weighted by Crippen LogP contribution is 2.22. The molecule has 2 aromatic rings. The van der Waals surface area contributed by atoms with Crippen LogP contribution < -0.4 is 10.1 Å². The smallest absolute Gasteiger partial charge is 0.262 e. The average molecular weight is 423 g/mol. The van der Waals surface area contributed by atoms with Crippen LogP contribution in [0.15, 0.2) is 36.4 Å². The molecule has 1 N–H and O–H groups in total. The molecule has 23 heavy (non-hydrogen) atoms. The van der Waals surface area contributed by atoms with Crippen molar-refractivity contribution in [3.63, 3.8) is 0 Å². The van der Waals surface area contributed by atoms with Crippen LogP contribution in [-0.4, -0.2) is 12.5 Å². The van der Waals surface area contributed by atoms with E-state index < -0.39 is 0 Å². The van der Waals surface area contributed by atoms with E-state index in [0.717, 1.165) is 16.8 Å². The summed E-state index contributed by atoms with van der Waals surface area (Å²) < 4.78 is 6.77. The molecule has 0 aliphatic heterocycles. The number of benzene rings is 2. The number of halogens is 1. The van der Waals surface area contributed by atoms with E-state index in [9.17, 15) is 4.79 Å². The summed E-state index contributed by atoms with van der Waals surface area (Å²) in [6.07, 6.45) is 0. The molecule has 0 spiro atoms. The first-order valence-electron chi connectivity index (χ1n) is 7.66. The highest BCUT2D eigenvalue weighted by Gasteiger charge is 2.07. The van der Waals surface area contributed by atoms with Crippen LogP contribution in [0.1, 0.15) is 36.5 Å². The molecule has 0 saturated heterocycles. The highest BCUT2D eigenvalue weighted by molar-refractivity contribution is 14.1. The molecule has 1 amide bonds. The maximum atomic E-state index is 12.0. The van der Waals surface area contributed by atoms with Crippen LogP contribution in [0.3, 0.4) is 0 Å². The predicted octanol–water partition coefficient (Wildman–Crippen LogP) is 5.05. The quantitative estimate of drug-likeness (QED) is 0.684. The largest absolute Gasteiger partial charge is 0.484 e. The van der Waals surface area contributed by atoms with Gasteiger partial charge in [-0.1, -0.05) is 26.0 Å². The highest BCUT2D eigenvalue weighted by atomic mass is 127. The zero-order chi connectivity index (χ0) is 17.0. The van der Waals surface area contributed by atoms with Crippen LogP contribution in [0, 0.1) is 17.4 Å². The summed E-state index contributed by atoms with van der Waals surface area (Å²) in [5, 5.41) is 2.88. The summed E-state index contributed by atoms with van der Waals surface area (Å²) in [7, 11) is 0. The Kier molecular flexibility index (Phi) is 6.04. The van der Waals surface area contributed by atoms with Crippen LogP contribution in [0.5, 0.6) is 5.75 Å². The minimum absolute atomic E-state index is 0.00507. The number of amides is 1. The normalized spacial score (nSPS) is 10.7. The van der Waals surface area contributed by atoms with E-state index in [0.29, 0.717) is 11.7 Å². The zero-order valence-electron chi connectivity index (χ0n) is 13.9. The van der Waals surface area contributed by atoms with Crippen molar-refractivity contribution in [2.45, 2.75) is 33.6 Å². The molecule has 0 aromatic heterocycles. The van der Waals surface area contributed by atoms with Gasteiger partial charge in [0.15, 0.2) is 6.61 Å². The van der Waals surface area contributed by atoms with E-state index in [4.69, 9.17) is 4.74 Å². The van der Waals surface area contributed by atoms with Gasteiger partial charge in [-0.25, -0.2) is 0 Å². The topological polar surface area (TPSA) is 38.3 Å². The third kappa shape index (κ3) is 4.96. The molecule has 2 rings (SSSR count). The summed E-state index contributed by atoms with van der Waals surface area (Å²) in [5.74, 6) is 1.04. The molecule has 0 heterocycles. The monoisotopic (exact) mass is 423 g/mol. The summed E-state index contributed by atoms with van der Waals surface area (Å²) in [6, 6.07) is 11.8. The van der Waals surface area contributed by atoms with Crippen LogP contribution >= 0.6 is 22.6 Å². The standard InChI is InChI=1S/C19H22INO2/c1-12(2)15-5-7-17(8-6-15)23-11-18(22)21-16-9-13(3)19(20)14(4)10-16/h5-10,12H,11H2,1-4H3,(H,21,22). The summed E-state index contributed by atoms with van der Waals surface area (Å²) in [6.45, 7) is 8.38. The third-order valence-electron chi connectivity index (χ3n) is 3.64. The van der Waals surface area contributed by atoms with Gasteiger partial charge in [-0.2, -0.15) is 0 Å². The van der Waals surface area contributed by atoms with Gasteiger partial charge in [0.2, 0.25) is 0 Å². The average Bonchev–Trinajstić information content (AvgIpc) is 2.51. The first-order valence-corrected chi connectivity index (χ1v) is 8.74. The number of anilines is 1. The van der Waals surface area contributed by atoms with Crippen molar-refractivity contribution < 1.29 is 9.53 Å². The van der Waals surface area contributed by atoms with Crippen LogP contribution in [0.25, 0.3) is 0 Å². The second-order valence-corrected chi connectivity index (χ2v) is 7.06. The minimum atomic E-state index is -0.155. The van der Waals surface area contributed by atoms with E-state index in [-0.39, 0.29) is 12.5 Å². The first-order chi connectivity index (χ1) is 10.9. The predicted molar refractivity (Wildman–Crippen MR) is 103 cm³/mol. The maximum absolute atomic E-state index is 12.0. The van der Waals surface area contributed by atoms with E-state index in [2.05, 4.69) is 41.8 Å². The van der Waals surface area contributed by atoms with Crippen LogP contribution in [-0.2, 0) is 4.79 Å². The van der Waals surface area contributed by atoms with Crippen LogP contribution in [0.2, 0.25) is 0 Å². The van der Waals surface area contributed by atoms with Crippen molar-refractivity contribution in [3.05, 3.63) is 56.7 Å². The molecule has 3 nitrogen and oxygen atoms in total. The van der Waals surface area contributed by atoms with Crippen molar-refractivity contribution in [2.75, 3.05) is 11.9 Å². The fourth-order valence-corrected chi connectivity index (χ4v) is 2.62. The molecular weight excluding hydrogens is 401 g/mol. The lowest BCUT2D eigenvalue weighted by molar-refractivity contribution is -0.118. The fraction of sp³-hybridized carbons (Fsp3) is 0.316. The van der Waals surface area contributed by atoms with Crippen molar-refractivity contribution in [2.24, 2.45) is 0 Å². The molecule has 122 valence electrons. The number of rotatable bonds is 5. The fourth-order valence-electron chi connectivity index (χ4n) is 2.31. The number of carbonyl (C=O) groups excluding carboxylic acids is 1. The molecule has 0 atom stereocenters. The van der Waals surface area contributed by atoms with Crippen LogP contribution in [0.4, 0.5) is 5.69 Å². The Morgan fingerprint density at radius 3 is 2.22 bits per heavy atom. The Labute approximate surface area is 151 Å². The molecule has 2 aromatic carbocycles. The lowest BCUT2D eigenvalue weighted by atomic mass is 10.0. The van der Waals surface area contributed by atoms with Gasteiger partial charge in [-0.05, 0) is 83.3 Å². The Balaban J connectivity index is 1.92. The van der Waals surface area contributed by atoms with E-state index >= 15 is 0 Å². The molecule has 4 heteroatoms. The number of hydrogen-bond donors (Lipinski definition) is 1. The maximum Gasteiger partial charge on any atom is 0.262 e. The number of nitrogens with one attached hydrogen (secondary N) is 1. The van der Waals surface area contributed by atoms with Gasteiger partial charge in [-0.15, -0.1) is 0 Å². The van der Waals surface area contributed by atoms with Gasteiger partial charge in [0.1, 0.15) is 5.75 Å². The molecular formula is C19H22INO2. The third-order valence-corrected chi connectivity index (χ3v) is 5.34. The van der Waals surface area contributed by atoms with Crippen molar-refractivity contribution in [3.8, 4) is 5.75 Å². The SMILES string of the molecule is Cc1cc(NC(=O)COc2ccc(C(C)C)cc2)cc(C)c1I. The minimum Gasteiger partial charge on any atom is -0.484 e. The Hall–Kier alpha value is -1.56. The molecule has 0 radical (unpaired) electrons. The summed E-state index contributed by atoms with van der Waals surface area (Å²) >= 11 is 2.31. The number of carbonyl (C=O) groups is 1. The lowest BCUT2D eigenvalue weighted by Gasteiger charge is -2.11. The van der Waals surface area contributed by atoms with Gasteiger partial charge in [0, 0.05) is 9.26 Å². The second kappa shape index (κ2) is 7.81. The Morgan fingerprint density at radius 2 is 1.70 bits per heavy atom.